The maximum Gasteiger partial charge on any atom is 0.0496 e. The fourth-order valence-electron chi connectivity index (χ4n) is 0.863. The SMILES string of the molecule is CC(C)=c1ccs/c1=C/N. The smallest absolute Gasteiger partial charge is 0.0496 e. The summed E-state index contributed by atoms with van der Waals surface area (Å²) in [7, 11) is 0. The quantitative estimate of drug-likeness (QED) is 0.581. The van der Waals surface area contributed by atoms with E-state index in [1.807, 2.05) is 0 Å². The van der Waals surface area contributed by atoms with Crippen LogP contribution in [0.15, 0.2) is 11.4 Å². The van der Waals surface area contributed by atoms with E-state index in [9.17, 15) is 0 Å². The lowest BCUT2D eigenvalue weighted by atomic mass is 10.3. The Morgan fingerprint density at radius 1 is 1.60 bits per heavy atom. The van der Waals surface area contributed by atoms with Crippen molar-refractivity contribution in [2.24, 2.45) is 5.73 Å². The molecule has 1 heterocycles. The van der Waals surface area contributed by atoms with Gasteiger partial charge < -0.3 is 5.73 Å². The second-order valence-corrected chi connectivity index (χ2v) is 3.31. The fourth-order valence-corrected chi connectivity index (χ4v) is 1.69. The van der Waals surface area contributed by atoms with E-state index >= 15 is 0 Å². The van der Waals surface area contributed by atoms with Gasteiger partial charge in [0, 0.05) is 10.7 Å². The van der Waals surface area contributed by atoms with E-state index in [1.54, 1.807) is 17.5 Å². The maximum atomic E-state index is 5.40. The van der Waals surface area contributed by atoms with E-state index in [0.29, 0.717) is 0 Å². The molecule has 0 fully saturated rings. The van der Waals surface area contributed by atoms with E-state index in [1.165, 1.54) is 15.3 Å². The first kappa shape index (κ1) is 7.35. The van der Waals surface area contributed by atoms with Gasteiger partial charge in [0.25, 0.3) is 0 Å². The number of thiophene rings is 1. The molecular formula is C8H11NS. The van der Waals surface area contributed by atoms with Crippen molar-refractivity contribution >= 4 is 23.1 Å². The second kappa shape index (κ2) is 2.88. The lowest BCUT2D eigenvalue weighted by Crippen LogP contribution is -2.20. The molecule has 0 spiro atoms. The summed E-state index contributed by atoms with van der Waals surface area (Å²) >= 11 is 1.68. The van der Waals surface area contributed by atoms with Gasteiger partial charge in [-0.05, 0) is 30.5 Å². The van der Waals surface area contributed by atoms with E-state index in [2.05, 4.69) is 25.3 Å². The minimum atomic E-state index is 1.17. The van der Waals surface area contributed by atoms with Crippen LogP contribution >= 0.6 is 11.3 Å². The Kier molecular flexibility index (Phi) is 2.12. The molecule has 2 N–H and O–H groups in total. The first-order chi connectivity index (χ1) is 4.75. The summed E-state index contributed by atoms with van der Waals surface area (Å²) in [6.45, 7) is 4.18. The molecule has 0 aromatic carbocycles. The average Bonchev–Trinajstić information content (AvgIpc) is 2.33. The Bertz CT molecular complexity index is 317. The molecule has 0 aliphatic rings. The predicted molar refractivity (Wildman–Crippen MR) is 47.0 cm³/mol. The van der Waals surface area contributed by atoms with Gasteiger partial charge in [-0.2, -0.15) is 0 Å². The first-order valence-corrected chi connectivity index (χ1v) is 4.06. The Hall–Kier alpha value is -0.760. The molecule has 1 aromatic heterocycles. The highest BCUT2D eigenvalue weighted by atomic mass is 32.1. The van der Waals surface area contributed by atoms with E-state index in [4.69, 9.17) is 5.73 Å². The van der Waals surface area contributed by atoms with E-state index in [-0.39, 0.29) is 0 Å². The zero-order valence-electron chi connectivity index (χ0n) is 6.22. The summed E-state index contributed by atoms with van der Waals surface area (Å²) in [6.07, 6.45) is 1.66. The van der Waals surface area contributed by atoms with Crippen LogP contribution in [-0.2, 0) is 0 Å². The van der Waals surface area contributed by atoms with Gasteiger partial charge in [-0.15, -0.1) is 11.3 Å². The molecule has 0 aliphatic heterocycles. The highest BCUT2D eigenvalue weighted by Gasteiger charge is 1.86. The van der Waals surface area contributed by atoms with Gasteiger partial charge in [0.05, 0.1) is 0 Å². The third kappa shape index (κ3) is 1.21. The number of nitrogens with two attached hydrogens (primary N) is 1. The molecule has 2 heteroatoms. The predicted octanol–water partition coefficient (Wildman–Crippen LogP) is 0.635. The molecule has 0 saturated carbocycles. The fraction of sp³-hybridized carbons (Fsp3) is 0.250. The molecule has 0 aliphatic carbocycles. The van der Waals surface area contributed by atoms with Crippen LogP contribution in [0.4, 0.5) is 0 Å². The van der Waals surface area contributed by atoms with Crippen LogP contribution in [0.25, 0.3) is 11.8 Å². The minimum absolute atomic E-state index is 1.17. The molecule has 0 amide bonds. The van der Waals surface area contributed by atoms with Crippen LogP contribution in [0.1, 0.15) is 13.8 Å². The molecule has 0 bridgehead atoms. The molecule has 0 radical (unpaired) electrons. The Labute approximate surface area is 64.5 Å². The molecule has 0 unspecified atom stereocenters. The van der Waals surface area contributed by atoms with Crippen LogP contribution in [0.3, 0.4) is 0 Å². The molecule has 54 valence electrons. The zero-order valence-corrected chi connectivity index (χ0v) is 7.03. The summed E-state index contributed by atoms with van der Waals surface area (Å²) in [5.41, 5.74) is 6.72. The van der Waals surface area contributed by atoms with Crippen molar-refractivity contribution in [1.82, 2.24) is 0 Å². The topological polar surface area (TPSA) is 26.0 Å². The molecular weight excluding hydrogens is 142 g/mol. The largest absolute Gasteiger partial charge is 0.403 e. The Morgan fingerprint density at radius 3 is 2.70 bits per heavy atom. The second-order valence-electron chi connectivity index (χ2n) is 2.37. The molecule has 1 rings (SSSR count). The highest BCUT2D eigenvalue weighted by molar-refractivity contribution is 7.07. The summed E-state index contributed by atoms with van der Waals surface area (Å²) in [4.78, 5) is 0. The van der Waals surface area contributed by atoms with Crippen molar-refractivity contribution in [2.75, 3.05) is 0 Å². The number of hydrogen-bond donors (Lipinski definition) is 1. The number of rotatable bonds is 0. The van der Waals surface area contributed by atoms with Crippen LogP contribution in [-0.4, -0.2) is 0 Å². The molecule has 1 nitrogen and oxygen atoms in total. The van der Waals surface area contributed by atoms with Gasteiger partial charge in [-0.1, -0.05) is 5.57 Å². The summed E-state index contributed by atoms with van der Waals surface area (Å²) in [5, 5.41) is 3.33. The van der Waals surface area contributed by atoms with Gasteiger partial charge in [-0.25, -0.2) is 0 Å². The first-order valence-electron chi connectivity index (χ1n) is 3.18. The van der Waals surface area contributed by atoms with Crippen molar-refractivity contribution in [3.05, 3.63) is 21.2 Å². The molecule has 0 saturated heterocycles. The Morgan fingerprint density at radius 2 is 2.30 bits per heavy atom. The van der Waals surface area contributed by atoms with Crippen molar-refractivity contribution < 1.29 is 0 Å². The average molecular weight is 153 g/mol. The van der Waals surface area contributed by atoms with E-state index in [0.717, 1.165) is 0 Å². The standard InChI is InChI=1S/C8H11NS/c1-6(2)7-3-4-10-8(7)5-9/h3-5H,9H2,1-2H3/b8-5+. The third-order valence-electron chi connectivity index (χ3n) is 1.39. The highest BCUT2D eigenvalue weighted by Crippen LogP contribution is 1.86. The van der Waals surface area contributed by atoms with Crippen LogP contribution < -0.4 is 15.5 Å². The van der Waals surface area contributed by atoms with E-state index < -0.39 is 0 Å². The summed E-state index contributed by atoms with van der Waals surface area (Å²) in [5.74, 6) is 0. The van der Waals surface area contributed by atoms with Gasteiger partial charge >= 0.3 is 0 Å². The van der Waals surface area contributed by atoms with Gasteiger partial charge in [-0.3, -0.25) is 0 Å². The van der Waals surface area contributed by atoms with Crippen molar-refractivity contribution in [3.63, 3.8) is 0 Å². The Balaban J connectivity index is 3.59. The minimum Gasteiger partial charge on any atom is -0.403 e. The maximum absolute atomic E-state index is 5.40. The molecule has 0 atom stereocenters. The van der Waals surface area contributed by atoms with Crippen molar-refractivity contribution in [1.29, 1.82) is 0 Å². The molecule has 1 aromatic rings. The van der Waals surface area contributed by atoms with Crippen molar-refractivity contribution in [3.8, 4) is 0 Å². The van der Waals surface area contributed by atoms with Crippen LogP contribution in [0.5, 0.6) is 0 Å². The summed E-state index contributed by atoms with van der Waals surface area (Å²) in [6, 6.07) is 2.10. The lowest BCUT2D eigenvalue weighted by Gasteiger charge is -1.82. The molecule has 10 heavy (non-hydrogen) atoms. The van der Waals surface area contributed by atoms with Gasteiger partial charge in [0.1, 0.15) is 0 Å². The summed E-state index contributed by atoms with van der Waals surface area (Å²) < 4.78 is 1.17. The lowest BCUT2D eigenvalue weighted by molar-refractivity contribution is 1.51. The van der Waals surface area contributed by atoms with Gasteiger partial charge in [0.2, 0.25) is 0 Å². The number of hydrogen-bond acceptors (Lipinski definition) is 2. The zero-order chi connectivity index (χ0) is 7.56. The third-order valence-corrected chi connectivity index (χ3v) is 2.27. The van der Waals surface area contributed by atoms with Crippen LogP contribution in [0, 0.1) is 0 Å². The van der Waals surface area contributed by atoms with Crippen LogP contribution in [0.2, 0.25) is 0 Å². The normalized spacial score (nSPS) is 12.0. The monoisotopic (exact) mass is 153 g/mol. The van der Waals surface area contributed by atoms with Crippen molar-refractivity contribution in [2.45, 2.75) is 13.8 Å². The van der Waals surface area contributed by atoms with Gasteiger partial charge in [0.15, 0.2) is 0 Å².